The van der Waals surface area contributed by atoms with E-state index in [-0.39, 0.29) is 5.82 Å². The van der Waals surface area contributed by atoms with Crippen molar-refractivity contribution in [3.63, 3.8) is 0 Å². The number of carbonyl (C=O) groups is 1. The number of hydrazone groups is 1. The summed E-state index contributed by atoms with van der Waals surface area (Å²) in [4.78, 5) is 21.8. The number of amides is 1. The minimum Gasteiger partial charge on any atom is -0.264 e. The Morgan fingerprint density at radius 2 is 1.20 bits per heavy atom. The molecule has 0 aliphatic heterocycles. The first-order valence-electron chi connectivity index (χ1n) is 9.61. The number of nitrogens with zero attached hydrogens (tertiary/aromatic N) is 3. The number of hydrogen-bond acceptors (Lipinski definition) is 4. The van der Waals surface area contributed by atoms with Crippen LogP contribution in [-0.4, -0.2) is 21.6 Å². The molecule has 0 spiro atoms. The molecule has 0 radical (unpaired) electrons. The van der Waals surface area contributed by atoms with Crippen LogP contribution in [0.1, 0.15) is 23.1 Å². The number of nitrogens with one attached hydrogen (secondary N) is 1. The summed E-state index contributed by atoms with van der Waals surface area (Å²) in [5, 5.41) is 4.21. The van der Waals surface area contributed by atoms with Crippen molar-refractivity contribution < 1.29 is 4.79 Å². The van der Waals surface area contributed by atoms with Crippen molar-refractivity contribution in [1.82, 2.24) is 15.4 Å². The van der Waals surface area contributed by atoms with Gasteiger partial charge in [0.25, 0.3) is 0 Å². The van der Waals surface area contributed by atoms with E-state index in [1.165, 1.54) is 0 Å². The van der Waals surface area contributed by atoms with Crippen LogP contribution in [0.2, 0.25) is 0 Å². The molecule has 0 unspecified atom stereocenters. The lowest BCUT2D eigenvalue weighted by Crippen LogP contribution is -2.22. The maximum Gasteiger partial charge on any atom is 0.309 e. The summed E-state index contributed by atoms with van der Waals surface area (Å²) in [6, 6.07) is 31.0. The van der Waals surface area contributed by atoms with Gasteiger partial charge in [0.1, 0.15) is 0 Å². The van der Waals surface area contributed by atoms with Crippen molar-refractivity contribution in [2.75, 3.05) is 0 Å². The Hall–Kier alpha value is -4.12. The summed E-state index contributed by atoms with van der Waals surface area (Å²) in [6.45, 7) is 1.84. The van der Waals surface area contributed by atoms with Crippen LogP contribution in [0, 0.1) is 0 Å². The summed E-state index contributed by atoms with van der Waals surface area (Å²) in [7, 11) is 0. The highest BCUT2D eigenvalue weighted by atomic mass is 16.2. The Kier molecular flexibility index (Phi) is 5.71. The van der Waals surface area contributed by atoms with Crippen molar-refractivity contribution >= 4 is 11.6 Å². The fraction of sp³-hybridized carbons (Fsp3) is 0.0400. The largest absolute Gasteiger partial charge is 0.309 e. The van der Waals surface area contributed by atoms with E-state index in [4.69, 9.17) is 0 Å². The molecule has 5 heteroatoms. The monoisotopic (exact) mass is 392 g/mol. The van der Waals surface area contributed by atoms with Gasteiger partial charge in [-0.1, -0.05) is 91.0 Å². The summed E-state index contributed by atoms with van der Waals surface area (Å²) >= 11 is 0. The zero-order valence-corrected chi connectivity index (χ0v) is 16.5. The minimum absolute atomic E-state index is 0.0693. The number of benzene rings is 3. The van der Waals surface area contributed by atoms with Gasteiger partial charge in [0.2, 0.25) is 5.82 Å². The second kappa shape index (κ2) is 8.92. The van der Waals surface area contributed by atoms with Gasteiger partial charge in [-0.05, 0) is 18.6 Å². The molecule has 30 heavy (non-hydrogen) atoms. The lowest BCUT2D eigenvalue weighted by molar-refractivity contribution is 0.0944. The van der Waals surface area contributed by atoms with Crippen LogP contribution in [0.25, 0.3) is 22.5 Å². The number of rotatable bonds is 5. The second-order valence-electron chi connectivity index (χ2n) is 6.70. The van der Waals surface area contributed by atoms with E-state index < -0.39 is 5.91 Å². The average Bonchev–Trinajstić information content (AvgIpc) is 2.83. The van der Waals surface area contributed by atoms with Gasteiger partial charge in [-0.15, -0.1) is 0 Å². The number of hydrogen-bond donors (Lipinski definition) is 1. The quantitative estimate of drug-likeness (QED) is 0.385. The zero-order valence-electron chi connectivity index (χ0n) is 16.5. The van der Waals surface area contributed by atoms with Crippen molar-refractivity contribution in [3.8, 4) is 22.5 Å². The van der Waals surface area contributed by atoms with Crippen molar-refractivity contribution in [3.05, 3.63) is 108 Å². The Labute approximate surface area is 175 Å². The molecule has 4 aromatic rings. The molecule has 0 bridgehead atoms. The van der Waals surface area contributed by atoms with Crippen LogP contribution in [0.4, 0.5) is 0 Å². The third-order valence-corrected chi connectivity index (χ3v) is 4.59. The molecule has 1 aromatic heterocycles. The smallest absolute Gasteiger partial charge is 0.264 e. The highest BCUT2D eigenvalue weighted by Gasteiger charge is 2.14. The molecule has 1 heterocycles. The second-order valence-corrected chi connectivity index (χ2v) is 6.70. The molecule has 0 saturated heterocycles. The van der Waals surface area contributed by atoms with E-state index in [2.05, 4.69) is 20.5 Å². The van der Waals surface area contributed by atoms with Crippen LogP contribution in [-0.2, 0) is 0 Å². The topological polar surface area (TPSA) is 67.2 Å². The van der Waals surface area contributed by atoms with Gasteiger partial charge < -0.3 is 0 Å². The molecule has 0 atom stereocenters. The summed E-state index contributed by atoms with van der Waals surface area (Å²) in [5.74, 6) is -0.389. The van der Waals surface area contributed by atoms with Crippen LogP contribution in [0.15, 0.2) is 102 Å². The van der Waals surface area contributed by atoms with Gasteiger partial charge in [0.15, 0.2) is 0 Å². The van der Waals surface area contributed by atoms with E-state index in [0.717, 1.165) is 16.7 Å². The minimum atomic E-state index is -0.458. The standard InChI is InChI=1S/C25H20N4O/c1-18(19-11-5-2-6-12-19)28-29-25(30)24-26-22(20-13-7-3-8-14-20)17-23(27-24)21-15-9-4-10-16-21/h2-17H,1H3,(H,29,30). The van der Waals surface area contributed by atoms with Gasteiger partial charge in [0, 0.05) is 11.1 Å². The lowest BCUT2D eigenvalue weighted by atomic mass is 10.1. The summed E-state index contributed by atoms with van der Waals surface area (Å²) in [5.41, 5.74) is 7.39. The molecule has 1 N–H and O–H groups in total. The maximum atomic E-state index is 12.8. The predicted molar refractivity (Wildman–Crippen MR) is 119 cm³/mol. The highest BCUT2D eigenvalue weighted by molar-refractivity contribution is 6.00. The lowest BCUT2D eigenvalue weighted by Gasteiger charge is -2.08. The molecule has 0 fully saturated rings. The van der Waals surface area contributed by atoms with Crippen molar-refractivity contribution in [1.29, 1.82) is 0 Å². The van der Waals surface area contributed by atoms with Crippen molar-refractivity contribution in [2.24, 2.45) is 5.10 Å². The first-order chi connectivity index (χ1) is 14.7. The third-order valence-electron chi connectivity index (χ3n) is 4.59. The fourth-order valence-electron chi connectivity index (χ4n) is 2.99. The molecule has 4 rings (SSSR count). The fourth-order valence-corrected chi connectivity index (χ4v) is 2.99. The average molecular weight is 392 g/mol. The normalized spacial score (nSPS) is 11.2. The number of aromatic nitrogens is 2. The molecule has 0 saturated carbocycles. The van der Waals surface area contributed by atoms with E-state index in [9.17, 15) is 4.79 Å². The van der Waals surface area contributed by atoms with Crippen LogP contribution >= 0.6 is 0 Å². The molecule has 146 valence electrons. The Bertz CT molecular complexity index is 1120. The first kappa shape index (κ1) is 19.2. The maximum absolute atomic E-state index is 12.8. The van der Waals surface area contributed by atoms with Gasteiger partial charge >= 0.3 is 5.91 Å². The number of carbonyl (C=O) groups excluding carboxylic acids is 1. The van der Waals surface area contributed by atoms with Gasteiger partial charge in [0.05, 0.1) is 17.1 Å². The van der Waals surface area contributed by atoms with Gasteiger partial charge in [-0.25, -0.2) is 15.4 Å². The Morgan fingerprint density at radius 3 is 1.70 bits per heavy atom. The highest BCUT2D eigenvalue weighted by Crippen LogP contribution is 2.23. The first-order valence-corrected chi connectivity index (χ1v) is 9.61. The third kappa shape index (κ3) is 4.47. The Balaban J connectivity index is 1.69. The molecule has 0 aliphatic rings. The Morgan fingerprint density at radius 1 is 0.733 bits per heavy atom. The van der Waals surface area contributed by atoms with Crippen LogP contribution in [0.5, 0.6) is 0 Å². The molecule has 5 nitrogen and oxygen atoms in total. The predicted octanol–water partition coefficient (Wildman–Crippen LogP) is 4.96. The van der Waals surface area contributed by atoms with E-state index in [1.54, 1.807) is 0 Å². The summed E-state index contributed by atoms with van der Waals surface area (Å²) < 4.78 is 0. The molecule has 3 aromatic carbocycles. The van der Waals surface area contributed by atoms with E-state index in [1.807, 2.05) is 104 Å². The molecule has 1 amide bonds. The van der Waals surface area contributed by atoms with Crippen LogP contribution < -0.4 is 5.43 Å². The van der Waals surface area contributed by atoms with Gasteiger partial charge in [-0.2, -0.15) is 5.10 Å². The van der Waals surface area contributed by atoms with Gasteiger partial charge in [-0.3, -0.25) is 4.79 Å². The van der Waals surface area contributed by atoms with Crippen molar-refractivity contribution in [2.45, 2.75) is 6.92 Å². The van der Waals surface area contributed by atoms with Crippen LogP contribution in [0.3, 0.4) is 0 Å². The molecular formula is C25H20N4O. The SMILES string of the molecule is CC(=NNC(=O)c1nc(-c2ccccc2)cc(-c2ccccc2)n1)c1ccccc1. The van der Waals surface area contributed by atoms with E-state index >= 15 is 0 Å². The molecular weight excluding hydrogens is 372 g/mol. The van der Waals surface area contributed by atoms with E-state index in [0.29, 0.717) is 17.1 Å². The zero-order chi connectivity index (χ0) is 20.8. The molecule has 0 aliphatic carbocycles. The summed E-state index contributed by atoms with van der Waals surface area (Å²) in [6.07, 6.45) is 0.